The second-order valence-corrected chi connectivity index (χ2v) is 2.15. The Hall–Kier alpha value is -0.670. The van der Waals surface area contributed by atoms with Crippen LogP contribution in [0.25, 0.3) is 0 Å². The van der Waals surface area contributed by atoms with E-state index in [-0.39, 0.29) is 6.29 Å². The smallest absolute Gasteiger partial charge is 0.161 e. The van der Waals surface area contributed by atoms with Gasteiger partial charge in [0.2, 0.25) is 0 Å². The molecule has 10 heavy (non-hydrogen) atoms. The first-order valence-corrected chi connectivity index (χ1v) is 3.19. The van der Waals surface area contributed by atoms with Crippen molar-refractivity contribution in [1.82, 2.24) is 0 Å². The molecule has 0 aliphatic carbocycles. The van der Waals surface area contributed by atoms with Gasteiger partial charge in [-0.15, -0.1) is 0 Å². The minimum atomic E-state index is -0.238. The molecule has 3 heteroatoms. The SMILES string of the molecule is C=C(C=O)CC1OCCO1. The summed E-state index contributed by atoms with van der Waals surface area (Å²) >= 11 is 0. The maximum absolute atomic E-state index is 10.1. The highest BCUT2D eigenvalue weighted by Crippen LogP contribution is 2.11. The number of hydrogen-bond donors (Lipinski definition) is 0. The predicted molar refractivity (Wildman–Crippen MR) is 35.5 cm³/mol. The van der Waals surface area contributed by atoms with Crippen molar-refractivity contribution >= 4 is 6.29 Å². The molecule has 0 N–H and O–H groups in total. The van der Waals surface area contributed by atoms with E-state index in [1.54, 1.807) is 0 Å². The molecule has 0 amide bonds. The first-order chi connectivity index (χ1) is 4.83. The van der Waals surface area contributed by atoms with Gasteiger partial charge in [-0.2, -0.15) is 0 Å². The van der Waals surface area contributed by atoms with Crippen LogP contribution in [0.4, 0.5) is 0 Å². The standard InChI is InChI=1S/C7H10O3/c1-6(5-8)4-7-9-2-3-10-7/h5,7H,1-4H2. The molecular weight excluding hydrogens is 132 g/mol. The van der Waals surface area contributed by atoms with E-state index in [4.69, 9.17) is 9.47 Å². The molecule has 3 nitrogen and oxygen atoms in total. The second-order valence-electron chi connectivity index (χ2n) is 2.15. The monoisotopic (exact) mass is 142 g/mol. The first kappa shape index (κ1) is 7.44. The quantitative estimate of drug-likeness (QED) is 0.425. The molecule has 1 rings (SSSR count). The average Bonchev–Trinajstić information content (AvgIpc) is 2.40. The minimum Gasteiger partial charge on any atom is -0.350 e. The second kappa shape index (κ2) is 3.49. The fourth-order valence-corrected chi connectivity index (χ4v) is 0.787. The normalized spacial score (nSPS) is 19.2. The molecule has 0 bridgehead atoms. The summed E-state index contributed by atoms with van der Waals surface area (Å²) in [7, 11) is 0. The number of carbonyl (C=O) groups excluding carboxylic acids is 1. The number of carbonyl (C=O) groups is 1. The molecule has 0 spiro atoms. The van der Waals surface area contributed by atoms with Gasteiger partial charge < -0.3 is 9.47 Å². The summed E-state index contributed by atoms with van der Waals surface area (Å²) in [6.45, 7) is 4.75. The zero-order chi connectivity index (χ0) is 7.40. The molecule has 0 radical (unpaired) electrons. The lowest BCUT2D eigenvalue weighted by Gasteiger charge is -2.05. The molecule has 0 unspecified atom stereocenters. The van der Waals surface area contributed by atoms with Gasteiger partial charge in [-0.3, -0.25) is 4.79 Å². The maximum atomic E-state index is 10.1. The van der Waals surface area contributed by atoms with E-state index in [0.29, 0.717) is 25.2 Å². The van der Waals surface area contributed by atoms with Crippen LogP contribution in [-0.2, 0) is 14.3 Å². The molecule has 1 saturated heterocycles. The van der Waals surface area contributed by atoms with Crippen LogP contribution in [0.3, 0.4) is 0 Å². The first-order valence-electron chi connectivity index (χ1n) is 3.19. The number of hydrogen-bond acceptors (Lipinski definition) is 3. The highest BCUT2D eigenvalue weighted by Gasteiger charge is 2.15. The summed E-state index contributed by atoms with van der Waals surface area (Å²) in [5.41, 5.74) is 0.520. The topological polar surface area (TPSA) is 35.5 Å². The van der Waals surface area contributed by atoms with Gasteiger partial charge in [0.15, 0.2) is 6.29 Å². The van der Waals surface area contributed by atoms with E-state index < -0.39 is 0 Å². The summed E-state index contributed by atoms with van der Waals surface area (Å²) in [6.07, 6.45) is 0.979. The molecule has 0 atom stereocenters. The molecular formula is C7H10O3. The molecule has 0 aromatic carbocycles. The Balaban J connectivity index is 2.23. The fourth-order valence-electron chi connectivity index (χ4n) is 0.787. The van der Waals surface area contributed by atoms with Gasteiger partial charge in [-0.1, -0.05) is 6.58 Å². The van der Waals surface area contributed by atoms with E-state index in [2.05, 4.69) is 6.58 Å². The van der Waals surface area contributed by atoms with Crippen LogP contribution in [0.1, 0.15) is 6.42 Å². The van der Waals surface area contributed by atoms with Crippen molar-refractivity contribution < 1.29 is 14.3 Å². The van der Waals surface area contributed by atoms with Crippen molar-refractivity contribution in [3.05, 3.63) is 12.2 Å². The van der Waals surface area contributed by atoms with E-state index in [1.807, 2.05) is 0 Å². The Kier molecular flexibility index (Phi) is 2.59. The van der Waals surface area contributed by atoms with Crippen molar-refractivity contribution in [3.63, 3.8) is 0 Å². The Labute approximate surface area is 59.6 Å². The number of aldehydes is 1. The van der Waals surface area contributed by atoms with Crippen molar-refractivity contribution in [2.45, 2.75) is 12.7 Å². The van der Waals surface area contributed by atoms with Crippen molar-refractivity contribution in [2.24, 2.45) is 0 Å². The van der Waals surface area contributed by atoms with Crippen LogP contribution in [0, 0.1) is 0 Å². The highest BCUT2D eigenvalue weighted by atomic mass is 16.7. The van der Waals surface area contributed by atoms with E-state index >= 15 is 0 Å². The molecule has 0 aromatic rings. The third-order valence-electron chi connectivity index (χ3n) is 1.29. The lowest BCUT2D eigenvalue weighted by Crippen LogP contribution is -2.08. The van der Waals surface area contributed by atoms with Crippen molar-refractivity contribution in [1.29, 1.82) is 0 Å². The Morgan fingerprint density at radius 1 is 1.60 bits per heavy atom. The van der Waals surface area contributed by atoms with Crippen LogP contribution in [-0.4, -0.2) is 25.8 Å². The third-order valence-corrected chi connectivity index (χ3v) is 1.29. The van der Waals surface area contributed by atoms with Gasteiger partial charge >= 0.3 is 0 Å². The minimum absolute atomic E-state index is 0.238. The Morgan fingerprint density at radius 2 is 2.20 bits per heavy atom. The van der Waals surface area contributed by atoms with Gasteiger partial charge in [0.25, 0.3) is 0 Å². The Bertz CT molecular complexity index is 136. The third kappa shape index (κ3) is 1.93. The van der Waals surface area contributed by atoms with Crippen molar-refractivity contribution in [3.8, 4) is 0 Å². The summed E-state index contributed by atoms with van der Waals surface area (Å²) in [6, 6.07) is 0. The number of ether oxygens (including phenoxy) is 2. The molecule has 1 aliphatic rings. The molecule has 1 heterocycles. The van der Waals surface area contributed by atoms with Gasteiger partial charge in [0, 0.05) is 6.42 Å². The van der Waals surface area contributed by atoms with Crippen LogP contribution in [0.15, 0.2) is 12.2 Å². The zero-order valence-electron chi connectivity index (χ0n) is 5.71. The van der Waals surface area contributed by atoms with Crippen LogP contribution in [0.2, 0.25) is 0 Å². The van der Waals surface area contributed by atoms with Crippen LogP contribution < -0.4 is 0 Å². The summed E-state index contributed by atoms with van der Waals surface area (Å²) < 4.78 is 10.2. The van der Waals surface area contributed by atoms with E-state index in [0.717, 1.165) is 6.29 Å². The molecule has 1 aliphatic heterocycles. The molecule has 56 valence electrons. The van der Waals surface area contributed by atoms with Gasteiger partial charge in [-0.25, -0.2) is 0 Å². The predicted octanol–water partition coefficient (Wildman–Crippen LogP) is 0.504. The lowest BCUT2D eigenvalue weighted by molar-refractivity contribution is -0.106. The van der Waals surface area contributed by atoms with Crippen LogP contribution >= 0.6 is 0 Å². The highest BCUT2D eigenvalue weighted by molar-refractivity contribution is 5.71. The largest absolute Gasteiger partial charge is 0.350 e. The fraction of sp³-hybridized carbons (Fsp3) is 0.571. The molecule has 1 fully saturated rings. The molecule has 0 saturated carbocycles. The summed E-state index contributed by atoms with van der Waals surface area (Å²) in [4.78, 5) is 10.1. The Morgan fingerprint density at radius 3 is 2.70 bits per heavy atom. The van der Waals surface area contributed by atoms with E-state index in [1.165, 1.54) is 0 Å². The summed E-state index contributed by atoms with van der Waals surface area (Å²) in [5, 5.41) is 0. The number of rotatable bonds is 3. The van der Waals surface area contributed by atoms with E-state index in [9.17, 15) is 4.79 Å². The average molecular weight is 142 g/mol. The van der Waals surface area contributed by atoms with Crippen molar-refractivity contribution in [2.75, 3.05) is 13.2 Å². The lowest BCUT2D eigenvalue weighted by atomic mass is 10.2. The maximum Gasteiger partial charge on any atom is 0.161 e. The van der Waals surface area contributed by atoms with Gasteiger partial charge in [-0.05, 0) is 5.57 Å². The van der Waals surface area contributed by atoms with Gasteiger partial charge in [0.05, 0.1) is 13.2 Å². The van der Waals surface area contributed by atoms with Gasteiger partial charge in [0.1, 0.15) is 6.29 Å². The molecule has 0 aromatic heterocycles. The summed E-state index contributed by atoms with van der Waals surface area (Å²) in [5.74, 6) is 0. The zero-order valence-corrected chi connectivity index (χ0v) is 5.71. The van der Waals surface area contributed by atoms with Crippen LogP contribution in [0.5, 0.6) is 0 Å².